The monoisotopic (exact) mass is 489 g/mol. The minimum absolute atomic E-state index is 0.00139. The predicted molar refractivity (Wildman–Crippen MR) is 124 cm³/mol. The molecule has 1 aliphatic rings. The highest BCUT2D eigenvalue weighted by atomic mass is 79.9. The van der Waals surface area contributed by atoms with E-state index in [-0.39, 0.29) is 11.7 Å². The number of amides is 1. The van der Waals surface area contributed by atoms with Crippen LogP contribution >= 0.6 is 15.9 Å². The fourth-order valence-corrected chi connectivity index (χ4v) is 4.76. The van der Waals surface area contributed by atoms with Crippen molar-refractivity contribution in [1.82, 2.24) is 14.5 Å². The standard InChI is InChI=1S/C26H21BrFN3O/c27-22-10-8-21(9-11-22)26(14-19-4-2-1-3-5-19)25(32)30(17-24-15-29-18-31(24)26)16-20-6-12-23(28)13-7-20/h1-13,15,18H,14,16-17H2. The van der Waals surface area contributed by atoms with Crippen molar-refractivity contribution < 1.29 is 9.18 Å². The SMILES string of the molecule is O=C1N(Cc2ccc(F)cc2)Cc2cncn2C1(Cc1ccccc1)c1ccc(Br)cc1. The minimum atomic E-state index is -0.966. The molecule has 4 aromatic rings. The molecule has 6 heteroatoms. The summed E-state index contributed by atoms with van der Waals surface area (Å²) in [5.41, 5.74) is 2.85. The second kappa shape index (κ2) is 8.36. The normalized spacial score (nSPS) is 17.9. The summed E-state index contributed by atoms with van der Waals surface area (Å²) in [5.74, 6) is -0.288. The Morgan fingerprint density at radius 3 is 2.38 bits per heavy atom. The van der Waals surface area contributed by atoms with Crippen LogP contribution in [0.5, 0.6) is 0 Å². The number of hydrogen-bond acceptors (Lipinski definition) is 2. The van der Waals surface area contributed by atoms with E-state index in [9.17, 15) is 9.18 Å². The lowest BCUT2D eigenvalue weighted by molar-refractivity contribution is -0.142. The van der Waals surface area contributed by atoms with Gasteiger partial charge in [-0.05, 0) is 41.0 Å². The Labute approximate surface area is 194 Å². The van der Waals surface area contributed by atoms with E-state index in [0.717, 1.165) is 26.9 Å². The Balaban J connectivity index is 1.65. The first kappa shape index (κ1) is 20.6. The van der Waals surface area contributed by atoms with Gasteiger partial charge in [-0.3, -0.25) is 4.79 Å². The van der Waals surface area contributed by atoms with Crippen molar-refractivity contribution in [3.63, 3.8) is 0 Å². The second-order valence-corrected chi connectivity index (χ2v) is 8.99. The summed E-state index contributed by atoms with van der Waals surface area (Å²) in [6.45, 7) is 0.848. The van der Waals surface area contributed by atoms with Gasteiger partial charge in [-0.2, -0.15) is 0 Å². The van der Waals surface area contributed by atoms with E-state index in [1.54, 1.807) is 18.5 Å². The number of fused-ring (bicyclic) bond motifs is 1. The maximum atomic E-state index is 14.3. The van der Waals surface area contributed by atoms with Gasteiger partial charge in [0.15, 0.2) is 5.54 Å². The fourth-order valence-electron chi connectivity index (χ4n) is 4.50. The van der Waals surface area contributed by atoms with Gasteiger partial charge in [-0.25, -0.2) is 9.37 Å². The molecule has 0 spiro atoms. The molecule has 160 valence electrons. The van der Waals surface area contributed by atoms with Crippen LogP contribution in [0.1, 0.15) is 22.4 Å². The molecule has 0 bridgehead atoms. The number of benzene rings is 3. The van der Waals surface area contributed by atoms with Gasteiger partial charge in [0.25, 0.3) is 5.91 Å². The Hall–Kier alpha value is -3.25. The number of carbonyl (C=O) groups is 1. The molecular formula is C26H21BrFN3O. The molecule has 1 unspecified atom stereocenters. The Morgan fingerprint density at radius 2 is 1.66 bits per heavy atom. The molecule has 0 saturated carbocycles. The maximum absolute atomic E-state index is 14.3. The van der Waals surface area contributed by atoms with Crippen molar-refractivity contribution in [1.29, 1.82) is 0 Å². The molecule has 3 aromatic carbocycles. The van der Waals surface area contributed by atoms with Crippen LogP contribution in [0, 0.1) is 5.82 Å². The Morgan fingerprint density at radius 1 is 0.938 bits per heavy atom. The van der Waals surface area contributed by atoms with Gasteiger partial charge in [0.2, 0.25) is 0 Å². The molecule has 1 aliphatic heterocycles. The molecule has 0 N–H and O–H groups in total. The zero-order valence-corrected chi connectivity index (χ0v) is 18.9. The largest absolute Gasteiger partial charge is 0.330 e. The average molecular weight is 490 g/mol. The van der Waals surface area contributed by atoms with Crippen molar-refractivity contribution in [3.05, 3.63) is 124 Å². The highest BCUT2D eigenvalue weighted by molar-refractivity contribution is 9.10. The van der Waals surface area contributed by atoms with Gasteiger partial charge >= 0.3 is 0 Å². The summed E-state index contributed by atoms with van der Waals surface area (Å²) in [7, 11) is 0. The van der Waals surface area contributed by atoms with Gasteiger partial charge in [0, 0.05) is 23.6 Å². The minimum Gasteiger partial charge on any atom is -0.330 e. The smallest absolute Gasteiger partial charge is 0.254 e. The number of hydrogen-bond donors (Lipinski definition) is 0. The lowest BCUT2D eigenvalue weighted by atomic mass is 9.80. The lowest BCUT2D eigenvalue weighted by Crippen LogP contribution is -2.56. The van der Waals surface area contributed by atoms with E-state index in [0.29, 0.717) is 19.5 Å². The van der Waals surface area contributed by atoms with E-state index in [1.807, 2.05) is 70.3 Å². The summed E-state index contributed by atoms with van der Waals surface area (Å²) in [6.07, 6.45) is 4.08. The van der Waals surface area contributed by atoms with Crippen molar-refractivity contribution in [2.24, 2.45) is 0 Å². The van der Waals surface area contributed by atoms with Gasteiger partial charge in [0.05, 0.1) is 18.6 Å². The Kier molecular flexibility index (Phi) is 5.39. The predicted octanol–water partition coefficient (Wildman–Crippen LogP) is 5.31. The third kappa shape index (κ3) is 3.65. The summed E-state index contributed by atoms with van der Waals surface area (Å²) in [6, 6.07) is 24.3. The van der Waals surface area contributed by atoms with Crippen LogP contribution in [-0.2, 0) is 29.8 Å². The molecule has 1 atom stereocenters. The van der Waals surface area contributed by atoms with E-state index >= 15 is 0 Å². The fraction of sp³-hybridized carbons (Fsp3) is 0.154. The van der Waals surface area contributed by atoms with Crippen molar-refractivity contribution >= 4 is 21.8 Å². The van der Waals surface area contributed by atoms with E-state index < -0.39 is 5.54 Å². The van der Waals surface area contributed by atoms with Crippen LogP contribution in [0.2, 0.25) is 0 Å². The van der Waals surface area contributed by atoms with Crippen LogP contribution in [0.15, 0.2) is 95.9 Å². The zero-order chi connectivity index (χ0) is 22.1. The molecule has 32 heavy (non-hydrogen) atoms. The molecule has 0 radical (unpaired) electrons. The molecule has 0 fully saturated rings. The maximum Gasteiger partial charge on any atom is 0.254 e. The summed E-state index contributed by atoms with van der Waals surface area (Å²) in [5, 5.41) is 0. The first-order valence-corrected chi connectivity index (χ1v) is 11.2. The van der Waals surface area contributed by atoms with E-state index in [1.165, 1.54) is 12.1 Å². The quantitative estimate of drug-likeness (QED) is 0.380. The van der Waals surface area contributed by atoms with Crippen LogP contribution in [0.4, 0.5) is 4.39 Å². The molecule has 0 saturated heterocycles. The van der Waals surface area contributed by atoms with Gasteiger partial charge < -0.3 is 9.47 Å². The Bertz CT molecular complexity index is 1240. The number of imidazole rings is 1. The van der Waals surface area contributed by atoms with Gasteiger partial charge in [-0.15, -0.1) is 0 Å². The number of aromatic nitrogens is 2. The average Bonchev–Trinajstić information content (AvgIpc) is 3.28. The number of nitrogens with zero attached hydrogens (tertiary/aromatic N) is 3. The molecule has 2 heterocycles. The third-order valence-electron chi connectivity index (χ3n) is 6.03. The van der Waals surface area contributed by atoms with Gasteiger partial charge in [-0.1, -0.05) is 70.5 Å². The van der Waals surface area contributed by atoms with E-state index in [2.05, 4.69) is 20.9 Å². The highest BCUT2D eigenvalue weighted by Gasteiger charge is 2.48. The van der Waals surface area contributed by atoms with Gasteiger partial charge in [0.1, 0.15) is 5.82 Å². The molecular weight excluding hydrogens is 469 g/mol. The summed E-state index contributed by atoms with van der Waals surface area (Å²) >= 11 is 3.51. The van der Waals surface area contributed by atoms with Crippen molar-refractivity contribution in [2.45, 2.75) is 25.0 Å². The van der Waals surface area contributed by atoms with Crippen molar-refractivity contribution in [3.8, 4) is 0 Å². The van der Waals surface area contributed by atoms with Crippen molar-refractivity contribution in [2.75, 3.05) is 0 Å². The summed E-state index contributed by atoms with van der Waals surface area (Å²) < 4.78 is 16.4. The molecule has 4 nitrogen and oxygen atoms in total. The van der Waals surface area contributed by atoms with E-state index in [4.69, 9.17) is 0 Å². The molecule has 1 amide bonds. The number of halogens is 2. The topological polar surface area (TPSA) is 38.1 Å². The van der Waals surface area contributed by atoms with Crippen LogP contribution < -0.4 is 0 Å². The zero-order valence-electron chi connectivity index (χ0n) is 17.3. The first-order chi connectivity index (χ1) is 15.6. The van der Waals surface area contributed by atoms with Crippen LogP contribution in [0.3, 0.4) is 0 Å². The number of rotatable bonds is 5. The highest BCUT2D eigenvalue weighted by Crippen LogP contribution is 2.38. The second-order valence-electron chi connectivity index (χ2n) is 8.07. The molecule has 5 rings (SSSR count). The van der Waals surface area contributed by atoms with Crippen LogP contribution in [0.25, 0.3) is 0 Å². The first-order valence-electron chi connectivity index (χ1n) is 10.4. The summed E-state index contributed by atoms with van der Waals surface area (Å²) in [4.78, 5) is 20.5. The molecule has 1 aromatic heterocycles. The number of carbonyl (C=O) groups excluding carboxylic acids is 1. The molecule has 0 aliphatic carbocycles. The van der Waals surface area contributed by atoms with Crippen LogP contribution in [-0.4, -0.2) is 20.4 Å². The third-order valence-corrected chi connectivity index (χ3v) is 6.56. The lowest BCUT2D eigenvalue weighted by Gasteiger charge is -2.44.